The van der Waals surface area contributed by atoms with Gasteiger partial charge in [0.05, 0.1) is 6.10 Å². The van der Waals surface area contributed by atoms with E-state index in [1.54, 1.807) is 7.11 Å². The fourth-order valence-corrected chi connectivity index (χ4v) is 1.71. The van der Waals surface area contributed by atoms with Gasteiger partial charge in [0.15, 0.2) is 0 Å². The molecule has 0 spiro atoms. The van der Waals surface area contributed by atoms with E-state index in [4.69, 9.17) is 15.2 Å². The molecule has 1 saturated carbocycles. The molecule has 4 atom stereocenters. The maximum Gasteiger partial charge on any atom is 0.111 e. The molecule has 3 N–H and O–H groups in total. The van der Waals surface area contributed by atoms with Gasteiger partial charge in [-0.05, 0) is 13.3 Å². The Kier molecular flexibility index (Phi) is 3.46. The Morgan fingerprint density at radius 2 is 2.17 bits per heavy atom. The summed E-state index contributed by atoms with van der Waals surface area (Å²) in [7, 11) is 1.57. The van der Waals surface area contributed by atoms with Gasteiger partial charge in [0.2, 0.25) is 0 Å². The minimum absolute atomic E-state index is 0.107. The summed E-state index contributed by atoms with van der Waals surface area (Å²) in [5.74, 6) is 0. The zero-order chi connectivity index (χ0) is 9.14. The molecule has 1 aliphatic rings. The van der Waals surface area contributed by atoms with Crippen LogP contribution < -0.4 is 5.73 Å². The van der Waals surface area contributed by atoms with Gasteiger partial charge in [-0.2, -0.15) is 0 Å². The first-order valence-electron chi connectivity index (χ1n) is 4.28. The summed E-state index contributed by atoms with van der Waals surface area (Å²) in [5, 5.41) is 9.47. The van der Waals surface area contributed by atoms with Crippen molar-refractivity contribution in [1.82, 2.24) is 0 Å². The van der Waals surface area contributed by atoms with E-state index in [1.165, 1.54) is 0 Å². The number of ether oxygens (including phenoxy) is 2. The van der Waals surface area contributed by atoms with Crippen molar-refractivity contribution < 1.29 is 14.6 Å². The van der Waals surface area contributed by atoms with Crippen LogP contribution in [0.25, 0.3) is 0 Å². The number of methoxy groups -OCH3 is 1. The Morgan fingerprint density at radius 1 is 1.50 bits per heavy atom. The van der Waals surface area contributed by atoms with Gasteiger partial charge < -0.3 is 20.3 Å². The van der Waals surface area contributed by atoms with Crippen molar-refractivity contribution in [2.24, 2.45) is 5.73 Å². The number of rotatable bonds is 3. The van der Waals surface area contributed by atoms with Gasteiger partial charge in [-0.3, -0.25) is 0 Å². The number of nitrogens with two attached hydrogens (primary N) is 1. The lowest BCUT2D eigenvalue weighted by Gasteiger charge is -2.22. The Morgan fingerprint density at radius 3 is 2.67 bits per heavy atom. The highest BCUT2D eigenvalue weighted by Gasteiger charge is 2.41. The van der Waals surface area contributed by atoms with Crippen LogP contribution in [0.3, 0.4) is 0 Å². The Labute approximate surface area is 72.6 Å². The van der Waals surface area contributed by atoms with Gasteiger partial charge in [-0.1, -0.05) is 0 Å². The highest BCUT2D eigenvalue weighted by molar-refractivity contribution is 4.95. The molecule has 0 saturated heterocycles. The van der Waals surface area contributed by atoms with Crippen molar-refractivity contribution in [2.75, 3.05) is 13.7 Å². The minimum atomic E-state index is -0.485. The lowest BCUT2D eigenvalue weighted by Crippen LogP contribution is -2.40. The van der Waals surface area contributed by atoms with Crippen molar-refractivity contribution in [3.05, 3.63) is 0 Å². The lowest BCUT2D eigenvalue weighted by molar-refractivity contribution is -0.0742. The fourth-order valence-electron chi connectivity index (χ4n) is 1.71. The summed E-state index contributed by atoms with van der Waals surface area (Å²) < 4.78 is 10.5. The molecular weight excluding hydrogens is 158 g/mol. The number of hydrogen-bond acceptors (Lipinski definition) is 4. The van der Waals surface area contributed by atoms with Crippen LogP contribution in [0, 0.1) is 0 Å². The van der Waals surface area contributed by atoms with Gasteiger partial charge in [0.1, 0.15) is 12.2 Å². The second-order valence-electron chi connectivity index (χ2n) is 3.09. The summed E-state index contributed by atoms with van der Waals surface area (Å²) in [6.45, 7) is 2.51. The van der Waals surface area contributed by atoms with Gasteiger partial charge in [0, 0.05) is 19.8 Å². The quantitative estimate of drug-likeness (QED) is 0.607. The molecule has 0 aliphatic heterocycles. The zero-order valence-corrected chi connectivity index (χ0v) is 7.56. The second kappa shape index (κ2) is 4.18. The third kappa shape index (κ3) is 1.77. The predicted octanol–water partition coefficient (Wildman–Crippen LogP) is -0.502. The molecule has 4 heteroatoms. The van der Waals surface area contributed by atoms with Crippen LogP contribution in [-0.4, -0.2) is 43.2 Å². The highest BCUT2D eigenvalue weighted by atomic mass is 16.5. The third-order valence-electron chi connectivity index (χ3n) is 2.27. The van der Waals surface area contributed by atoms with Crippen LogP contribution in [0.4, 0.5) is 0 Å². The summed E-state index contributed by atoms with van der Waals surface area (Å²) in [6, 6.07) is -0.107. The van der Waals surface area contributed by atoms with E-state index in [1.807, 2.05) is 6.92 Å². The molecule has 0 heterocycles. The standard InChI is InChI=1S/C8H17NO3/c1-3-12-7-5(9)4-6(10)8(7)11-2/h5-8,10H,3-4,9H2,1-2H3/t5-,6+,7+,8-/m1/s1. The number of aliphatic hydroxyl groups is 1. The van der Waals surface area contributed by atoms with Crippen LogP contribution in [-0.2, 0) is 9.47 Å². The maximum absolute atomic E-state index is 9.47. The van der Waals surface area contributed by atoms with E-state index in [0.717, 1.165) is 0 Å². The SMILES string of the molecule is CCO[C@@H]1[C@H](OC)[C@@H](O)C[C@H]1N. The summed E-state index contributed by atoms with van der Waals surface area (Å²) in [4.78, 5) is 0. The second-order valence-corrected chi connectivity index (χ2v) is 3.09. The smallest absolute Gasteiger partial charge is 0.111 e. The van der Waals surface area contributed by atoms with Crippen LogP contribution in [0.2, 0.25) is 0 Å². The highest BCUT2D eigenvalue weighted by Crippen LogP contribution is 2.24. The monoisotopic (exact) mass is 175 g/mol. The summed E-state index contributed by atoms with van der Waals surface area (Å²) >= 11 is 0. The average Bonchev–Trinajstić information content (AvgIpc) is 2.28. The molecule has 0 unspecified atom stereocenters. The Bertz CT molecular complexity index is 142. The lowest BCUT2D eigenvalue weighted by atomic mass is 10.2. The largest absolute Gasteiger partial charge is 0.390 e. The average molecular weight is 175 g/mol. The molecular formula is C8H17NO3. The first-order valence-corrected chi connectivity index (χ1v) is 4.28. The topological polar surface area (TPSA) is 64.7 Å². The molecule has 0 aromatic heterocycles. The van der Waals surface area contributed by atoms with Crippen molar-refractivity contribution in [2.45, 2.75) is 37.7 Å². The fraction of sp³-hybridized carbons (Fsp3) is 1.00. The van der Waals surface area contributed by atoms with E-state index < -0.39 is 6.10 Å². The van der Waals surface area contributed by atoms with Crippen molar-refractivity contribution in [3.8, 4) is 0 Å². The van der Waals surface area contributed by atoms with Crippen LogP contribution in [0.5, 0.6) is 0 Å². The first-order chi connectivity index (χ1) is 5.70. The molecule has 12 heavy (non-hydrogen) atoms. The molecule has 1 aliphatic carbocycles. The van der Waals surface area contributed by atoms with E-state index in [9.17, 15) is 5.11 Å². The maximum atomic E-state index is 9.47. The van der Waals surface area contributed by atoms with Gasteiger partial charge >= 0.3 is 0 Å². The van der Waals surface area contributed by atoms with Crippen LogP contribution in [0.15, 0.2) is 0 Å². The molecule has 0 radical (unpaired) electrons. The molecule has 0 aromatic rings. The predicted molar refractivity (Wildman–Crippen MR) is 44.8 cm³/mol. The van der Waals surface area contributed by atoms with Crippen molar-refractivity contribution >= 4 is 0 Å². The molecule has 0 amide bonds. The minimum Gasteiger partial charge on any atom is -0.390 e. The summed E-state index contributed by atoms with van der Waals surface area (Å²) in [6.07, 6.45) is -0.347. The molecule has 0 bridgehead atoms. The molecule has 1 rings (SSSR count). The summed E-state index contributed by atoms with van der Waals surface area (Å²) in [5.41, 5.74) is 5.76. The molecule has 0 aromatic carbocycles. The zero-order valence-electron chi connectivity index (χ0n) is 7.56. The van der Waals surface area contributed by atoms with E-state index in [2.05, 4.69) is 0 Å². The molecule has 72 valence electrons. The van der Waals surface area contributed by atoms with Crippen LogP contribution in [0.1, 0.15) is 13.3 Å². The van der Waals surface area contributed by atoms with Gasteiger partial charge in [-0.25, -0.2) is 0 Å². The van der Waals surface area contributed by atoms with Gasteiger partial charge in [-0.15, -0.1) is 0 Å². The van der Waals surface area contributed by atoms with E-state index >= 15 is 0 Å². The molecule has 1 fully saturated rings. The van der Waals surface area contributed by atoms with Crippen LogP contribution >= 0.6 is 0 Å². The van der Waals surface area contributed by atoms with Crippen molar-refractivity contribution in [3.63, 3.8) is 0 Å². The number of aliphatic hydroxyl groups excluding tert-OH is 1. The van der Waals surface area contributed by atoms with Crippen molar-refractivity contribution in [1.29, 1.82) is 0 Å². The third-order valence-corrected chi connectivity index (χ3v) is 2.27. The van der Waals surface area contributed by atoms with Gasteiger partial charge in [0.25, 0.3) is 0 Å². The van der Waals surface area contributed by atoms with E-state index in [-0.39, 0.29) is 18.2 Å². The molecule has 4 nitrogen and oxygen atoms in total. The first kappa shape index (κ1) is 9.92. The normalized spacial score (nSPS) is 42.0. The number of hydrogen-bond donors (Lipinski definition) is 2. The van der Waals surface area contributed by atoms with E-state index in [0.29, 0.717) is 13.0 Å². The Hall–Kier alpha value is -0.160. The Balaban J connectivity index is 2.55.